The Labute approximate surface area is 134 Å². The molecule has 3 heteroatoms. The molecular weight excluding hydrogens is 282 g/mol. The highest BCUT2D eigenvalue weighted by atomic mass is 35.5. The second-order valence-electron chi connectivity index (χ2n) is 5.82. The summed E-state index contributed by atoms with van der Waals surface area (Å²) in [6, 6.07) is 1.97. The summed E-state index contributed by atoms with van der Waals surface area (Å²) in [5, 5.41) is 9.79. The van der Waals surface area contributed by atoms with Crippen LogP contribution < -0.4 is 0 Å². The summed E-state index contributed by atoms with van der Waals surface area (Å²) in [7, 11) is 0. The molecule has 0 saturated carbocycles. The number of hydrogen-bond acceptors (Lipinski definition) is 2. The number of nitrogens with zero attached hydrogens (tertiary/aromatic N) is 1. The lowest BCUT2D eigenvalue weighted by Gasteiger charge is -2.07. The molecule has 0 atom stereocenters. The minimum absolute atomic E-state index is 0.0787. The number of aryl methyl sites for hydroxylation is 1. The van der Waals surface area contributed by atoms with Crippen molar-refractivity contribution in [1.29, 1.82) is 0 Å². The number of aliphatic hydroxyl groups excluding tert-OH is 1. The van der Waals surface area contributed by atoms with Crippen molar-refractivity contribution in [2.24, 2.45) is 0 Å². The molecule has 1 rings (SSSR count). The highest BCUT2D eigenvalue weighted by Crippen LogP contribution is 2.21. The number of aliphatic hydroxyl groups is 1. The molecule has 1 aromatic heterocycles. The van der Waals surface area contributed by atoms with Crippen LogP contribution in [0.25, 0.3) is 0 Å². The van der Waals surface area contributed by atoms with Crippen LogP contribution in [-0.2, 0) is 13.0 Å². The van der Waals surface area contributed by atoms with Crippen LogP contribution in [0.3, 0.4) is 0 Å². The molecule has 0 fully saturated rings. The van der Waals surface area contributed by atoms with Crippen molar-refractivity contribution in [3.63, 3.8) is 0 Å². The standard InChI is InChI=1S/C18H30ClNO/c1-2-3-4-5-6-7-8-9-10-11-12-16-13-14-20-17(15-21)18(16)19/h13-14,21H,2-12,15H2,1H3. The monoisotopic (exact) mass is 311 g/mol. The van der Waals surface area contributed by atoms with Gasteiger partial charge in [0.2, 0.25) is 0 Å². The van der Waals surface area contributed by atoms with Crippen LogP contribution in [0, 0.1) is 0 Å². The Hall–Kier alpha value is -0.600. The van der Waals surface area contributed by atoms with E-state index >= 15 is 0 Å². The Morgan fingerprint density at radius 2 is 1.52 bits per heavy atom. The maximum atomic E-state index is 9.14. The van der Waals surface area contributed by atoms with E-state index in [1.165, 1.54) is 64.2 Å². The molecule has 1 heterocycles. The molecule has 0 unspecified atom stereocenters. The predicted octanol–water partition coefficient (Wildman–Crippen LogP) is 5.69. The average Bonchev–Trinajstić information content (AvgIpc) is 2.50. The number of unbranched alkanes of at least 4 members (excludes halogenated alkanes) is 9. The summed E-state index contributed by atoms with van der Waals surface area (Å²) in [6.45, 7) is 2.18. The first-order valence-electron chi connectivity index (χ1n) is 8.52. The van der Waals surface area contributed by atoms with Gasteiger partial charge < -0.3 is 5.11 Å². The zero-order valence-electron chi connectivity index (χ0n) is 13.4. The fraction of sp³-hybridized carbons (Fsp3) is 0.722. The topological polar surface area (TPSA) is 33.1 Å². The van der Waals surface area contributed by atoms with Crippen molar-refractivity contribution >= 4 is 11.6 Å². The van der Waals surface area contributed by atoms with Crippen LogP contribution in [0.5, 0.6) is 0 Å². The van der Waals surface area contributed by atoms with Gasteiger partial charge in [0, 0.05) is 6.20 Å². The molecule has 1 N–H and O–H groups in total. The zero-order chi connectivity index (χ0) is 15.3. The molecule has 0 aliphatic heterocycles. The summed E-state index contributed by atoms with van der Waals surface area (Å²) in [4.78, 5) is 4.07. The van der Waals surface area contributed by atoms with E-state index in [4.69, 9.17) is 16.7 Å². The second-order valence-corrected chi connectivity index (χ2v) is 6.20. The summed E-state index contributed by atoms with van der Waals surface area (Å²) in [6.07, 6.45) is 16.2. The number of pyridine rings is 1. The Bertz CT molecular complexity index is 381. The number of halogens is 1. The molecule has 0 spiro atoms. The van der Waals surface area contributed by atoms with Crippen molar-refractivity contribution in [3.8, 4) is 0 Å². The largest absolute Gasteiger partial charge is 0.390 e. The fourth-order valence-electron chi connectivity index (χ4n) is 2.64. The molecule has 120 valence electrons. The van der Waals surface area contributed by atoms with Crippen LogP contribution >= 0.6 is 11.6 Å². The predicted molar refractivity (Wildman–Crippen MR) is 90.7 cm³/mol. The van der Waals surface area contributed by atoms with Gasteiger partial charge in [-0.1, -0.05) is 76.3 Å². The van der Waals surface area contributed by atoms with Crippen molar-refractivity contribution in [3.05, 3.63) is 28.5 Å². The Kier molecular flexibility index (Phi) is 10.5. The van der Waals surface area contributed by atoms with Gasteiger partial charge in [-0.15, -0.1) is 0 Å². The number of aromatic nitrogens is 1. The lowest BCUT2D eigenvalue weighted by atomic mass is 10.0. The third kappa shape index (κ3) is 7.82. The van der Waals surface area contributed by atoms with E-state index in [9.17, 15) is 0 Å². The SMILES string of the molecule is CCCCCCCCCCCCc1ccnc(CO)c1Cl. The molecule has 0 bridgehead atoms. The van der Waals surface area contributed by atoms with E-state index in [1.807, 2.05) is 6.07 Å². The minimum Gasteiger partial charge on any atom is -0.390 e. The van der Waals surface area contributed by atoms with Gasteiger partial charge in [0.05, 0.1) is 17.3 Å². The molecule has 0 amide bonds. The maximum absolute atomic E-state index is 9.14. The van der Waals surface area contributed by atoms with Crippen LogP contribution in [0.15, 0.2) is 12.3 Å². The Morgan fingerprint density at radius 3 is 2.10 bits per heavy atom. The average molecular weight is 312 g/mol. The van der Waals surface area contributed by atoms with Gasteiger partial charge in [-0.05, 0) is 24.5 Å². The van der Waals surface area contributed by atoms with E-state index in [0.717, 1.165) is 12.0 Å². The van der Waals surface area contributed by atoms with Gasteiger partial charge in [0.15, 0.2) is 0 Å². The number of hydrogen-bond donors (Lipinski definition) is 1. The summed E-state index contributed by atoms with van der Waals surface area (Å²) in [5.74, 6) is 0. The van der Waals surface area contributed by atoms with Gasteiger partial charge in [0.25, 0.3) is 0 Å². The molecule has 0 radical (unpaired) electrons. The maximum Gasteiger partial charge on any atom is 0.0868 e. The van der Waals surface area contributed by atoms with Gasteiger partial charge in [-0.25, -0.2) is 0 Å². The summed E-state index contributed by atoms with van der Waals surface area (Å²) in [5.41, 5.74) is 1.72. The zero-order valence-corrected chi connectivity index (χ0v) is 14.2. The highest BCUT2D eigenvalue weighted by molar-refractivity contribution is 6.31. The normalized spacial score (nSPS) is 11.0. The highest BCUT2D eigenvalue weighted by Gasteiger charge is 2.06. The van der Waals surface area contributed by atoms with Crippen LogP contribution in [0.1, 0.15) is 82.4 Å². The third-order valence-corrected chi connectivity index (χ3v) is 4.45. The van der Waals surface area contributed by atoms with E-state index in [0.29, 0.717) is 10.7 Å². The van der Waals surface area contributed by atoms with Crippen molar-refractivity contribution in [2.75, 3.05) is 0 Å². The van der Waals surface area contributed by atoms with Gasteiger partial charge in [0.1, 0.15) is 0 Å². The molecule has 21 heavy (non-hydrogen) atoms. The lowest BCUT2D eigenvalue weighted by molar-refractivity contribution is 0.277. The molecule has 0 aromatic carbocycles. The molecule has 1 aromatic rings. The van der Waals surface area contributed by atoms with E-state index < -0.39 is 0 Å². The first-order chi connectivity index (χ1) is 10.3. The van der Waals surface area contributed by atoms with E-state index in [2.05, 4.69) is 11.9 Å². The quantitative estimate of drug-likeness (QED) is 0.503. The van der Waals surface area contributed by atoms with Gasteiger partial charge in [-0.3, -0.25) is 4.98 Å². The molecular formula is C18H30ClNO. The van der Waals surface area contributed by atoms with Crippen LogP contribution in [0.4, 0.5) is 0 Å². The smallest absolute Gasteiger partial charge is 0.0868 e. The van der Waals surface area contributed by atoms with Crippen molar-refractivity contribution in [2.45, 2.75) is 84.2 Å². The summed E-state index contributed by atoms with van der Waals surface area (Å²) < 4.78 is 0. The lowest BCUT2D eigenvalue weighted by Crippen LogP contribution is -1.95. The van der Waals surface area contributed by atoms with Gasteiger partial charge >= 0.3 is 0 Å². The molecule has 0 aliphatic rings. The molecule has 0 aliphatic carbocycles. The van der Waals surface area contributed by atoms with Crippen molar-refractivity contribution < 1.29 is 5.11 Å². The Morgan fingerprint density at radius 1 is 0.952 bits per heavy atom. The van der Waals surface area contributed by atoms with Crippen molar-refractivity contribution in [1.82, 2.24) is 4.98 Å². The van der Waals surface area contributed by atoms with Crippen LogP contribution in [-0.4, -0.2) is 10.1 Å². The van der Waals surface area contributed by atoms with E-state index in [1.54, 1.807) is 6.20 Å². The van der Waals surface area contributed by atoms with E-state index in [-0.39, 0.29) is 6.61 Å². The third-order valence-electron chi connectivity index (χ3n) is 3.99. The number of rotatable bonds is 12. The first-order valence-corrected chi connectivity index (χ1v) is 8.90. The molecule has 0 saturated heterocycles. The summed E-state index contributed by atoms with van der Waals surface area (Å²) >= 11 is 6.21. The second kappa shape index (κ2) is 12.0. The first kappa shape index (κ1) is 18.4. The van der Waals surface area contributed by atoms with Crippen LogP contribution in [0.2, 0.25) is 5.02 Å². The van der Waals surface area contributed by atoms with Gasteiger partial charge in [-0.2, -0.15) is 0 Å². The fourth-order valence-corrected chi connectivity index (χ4v) is 2.90. The minimum atomic E-state index is -0.0787. The molecule has 2 nitrogen and oxygen atoms in total. The Balaban J connectivity index is 2.04.